The van der Waals surface area contributed by atoms with Crippen LogP contribution in [-0.2, 0) is 13.6 Å². The van der Waals surface area contributed by atoms with Crippen LogP contribution in [0.15, 0.2) is 12.4 Å². The molecule has 0 atom stereocenters. The van der Waals surface area contributed by atoms with Crippen LogP contribution in [-0.4, -0.2) is 45.9 Å². The molecule has 10 nitrogen and oxygen atoms in total. The molecule has 2 bridgehead atoms. The van der Waals surface area contributed by atoms with Crippen LogP contribution in [0.25, 0.3) is 16.9 Å². The monoisotopic (exact) mass is 425 g/mol. The van der Waals surface area contributed by atoms with E-state index in [0.717, 1.165) is 47.4 Å². The minimum atomic E-state index is 0.396. The van der Waals surface area contributed by atoms with Crippen LogP contribution in [0, 0.1) is 6.92 Å². The molecule has 1 N–H and O–H groups in total. The van der Waals surface area contributed by atoms with Crippen LogP contribution in [0.4, 0.5) is 11.6 Å². The fraction of sp³-hybridized carbons (Fsp3) is 0.421. The Labute approximate surface area is 176 Å². The number of halogens is 1. The lowest BCUT2D eigenvalue weighted by Crippen LogP contribution is -2.08. The van der Waals surface area contributed by atoms with E-state index in [0.29, 0.717) is 41.7 Å². The molecule has 1 fully saturated rings. The Morgan fingerprint density at radius 3 is 2.87 bits per heavy atom. The van der Waals surface area contributed by atoms with Crippen molar-refractivity contribution in [1.82, 2.24) is 39.3 Å². The van der Waals surface area contributed by atoms with Gasteiger partial charge in [-0.15, -0.1) is 5.10 Å². The molecular weight excluding hydrogens is 406 g/mol. The van der Waals surface area contributed by atoms with E-state index in [1.165, 1.54) is 0 Å². The lowest BCUT2D eigenvalue weighted by Gasteiger charge is -2.09. The summed E-state index contributed by atoms with van der Waals surface area (Å²) in [5.41, 5.74) is 3.63. The number of ether oxygens (including phenoxy) is 1. The molecule has 6 rings (SSSR count). The second kappa shape index (κ2) is 6.43. The molecule has 154 valence electrons. The average molecular weight is 426 g/mol. The van der Waals surface area contributed by atoms with Crippen LogP contribution >= 0.6 is 11.6 Å². The normalized spacial score (nSPS) is 16.2. The second-order valence-electron chi connectivity index (χ2n) is 7.83. The number of aromatic nitrogens is 8. The summed E-state index contributed by atoms with van der Waals surface area (Å²) in [7, 11) is 1.91. The van der Waals surface area contributed by atoms with Crippen molar-refractivity contribution in [3.63, 3.8) is 0 Å². The predicted octanol–water partition coefficient (Wildman–Crippen LogP) is 3.11. The van der Waals surface area contributed by atoms with Crippen LogP contribution in [0.2, 0.25) is 5.15 Å². The van der Waals surface area contributed by atoms with Gasteiger partial charge in [-0.25, -0.2) is 14.3 Å². The summed E-state index contributed by atoms with van der Waals surface area (Å²) < 4.78 is 11.6. The molecule has 5 heterocycles. The van der Waals surface area contributed by atoms with Gasteiger partial charge >= 0.3 is 0 Å². The molecule has 2 aliphatic rings. The molecule has 0 unspecified atom stereocenters. The van der Waals surface area contributed by atoms with Gasteiger partial charge in [-0.1, -0.05) is 11.6 Å². The number of nitrogens with zero attached hydrogens (tertiary/aromatic N) is 8. The molecule has 0 radical (unpaired) electrons. The Kier molecular flexibility index (Phi) is 3.79. The van der Waals surface area contributed by atoms with Crippen molar-refractivity contribution in [1.29, 1.82) is 0 Å². The minimum Gasteiger partial charge on any atom is -0.475 e. The molecule has 0 saturated heterocycles. The summed E-state index contributed by atoms with van der Waals surface area (Å²) in [5, 5.41) is 18.3. The van der Waals surface area contributed by atoms with Crippen molar-refractivity contribution < 1.29 is 4.74 Å². The van der Waals surface area contributed by atoms with Crippen molar-refractivity contribution >= 4 is 34.3 Å². The Morgan fingerprint density at radius 2 is 2.10 bits per heavy atom. The third-order valence-corrected chi connectivity index (χ3v) is 5.75. The van der Waals surface area contributed by atoms with E-state index in [2.05, 4.69) is 25.5 Å². The third-order valence-electron chi connectivity index (χ3n) is 5.47. The molecule has 0 amide bonds. The maximum atomic E-state index is 6.26. The van der Waals surface area contributed by atoms with Gasteiger partial charge in [0.2, 0.25) is 5.95 Å². The quantitative estimate of drug-likeness (QED) is 0.526. The molecule has 1 aliphatic heterocycles. The number of fused-ring (bicyclic) bond motifs is 2. The zero-order valence-corrected chi connectivity index (χ0v) is 17.4. The fourth-order valence-corrected chi connectivity index (χ4v) is 4.19. The molecule has 4 aromatic rings. The van der Waals surface area contributed by atoms with Gasteiger partial charge in [0.25, 0.3) is 5.88 Å². The molecule has 4 aromatic heterocycles. The second-order valence-corrected chi connectivity index (χ2v) is 8.19. The van der Waals surface area contributed by atoms with Crippen molar-refractivity contribution in [3.05, 3.63) is 28.8 Å². The van der Waals surface area contributed by atoms with E-state index in [9.17, 15) is 0 Å². The van der Waals surface area contributed by atoms with Crippen LogP contribution in [0.3, 0.4) is 0 Å². The first-order valence-corrected chi connectivity index (χ1v) is 10.4. The fourth-order valence-electron chi connectivity index (χ4n) is 3.96. The summed E-state index contributed by atoms with van der Waals surface area (Å²) in [6.45, 7) is 3.18. The summed E-state index contributed by atoms with van der Waals surface area (Å²) in [4.78, 5) is 9.14. The molecule has 11 heteroatoms. The van der Waals surface area contributed by atoms with Crippen LogP contribution in [0.5, 0.6) is 5.88 Å². The maximum Gasteiger partial charge on any atom is 0.257 e. The highest BCUT2D eigenvalue weighted by Crippen LogP contribution is 2.48. The first-order valence-electron chi connectivity index (χ1n) is 10.0. The van der Waals surface area contributed by atoms with E-state index in [1.807, 2.05) is 24.9 Å². The smallest absolute Gasteiger partial charge is 0.257 e. The first kappa shape index (κ1) is 17.7. The lowest BCUT2D eigenvalue weighted by molar-refractivity contribution is 0.288. The highest BCUT2D eigenvalue weighted by molar-refractivity contribution is 6.34. The summed E-state index contributed by atoms with van der Waals surface area (Å²) in [6.07, 6.45) is 6.66. The Morgan fingerprint density at radius 1 is 1.23 bits per heavy atom. The number of rotatable bonds is 2. The van der Waals surface area contributed by atoms with Crippen molar-refractivity contribution in [2.24, 2.45) is 7.05 Å². The highest BCUT2D eigenvalue weighted by atomic mass is 35.5. The Balaban J connectivity index is 1.53. The molecule has 1 aliphatic carbocycles. The largest absolute Gasteiger partial charge is 0.475 e. The Bertz CT molecular complexity index is 1280. The van der Waals surface area contributed by atoms with E-state index >= 15 is 0 Å². The lowest BCUT2D eigenvalue weighted by atomic mass is 10.2. The van der Waals surface area contributed by atoms with Gasteiger partial charge in [-0.05, 0) is 19.8 Å². The van der Waals surface area contributed by atoms with Crippen molar-refractivity contribution in [3.8, 4) is 11.7 Å². The molecule has 0 spiro atoms. The maximum absolute atomic E-state index is 6.26. The standard InChI is InChI=1S/C19H20ClN9O/c1-10-9-27(2)25-16(10)29-14(11-4-5-11)13-18(26-29)30-7-3-6-28-17-12(15(20)24-28)8-21-19(22-13)23-17/h8-9,11H,3-7H2,1-2H3,(H,21,22,23). The SMILES string of the molecule is Cc1cn(C)nc1-n1nc2c(c1C1CC1)Nc1ncc3c(Cl)nn(c3n1)CCCO2. The minimum absolute atomic E-state index is 0.396. The van der Waals surface area contributed by atoms with E-state index in [4.69, 9.17) is 21.4 Å². The number of anilines is 2. The van der Waals surface area contributed by atoms with Gasteiger partial charge in [-0.2, -0.15) is 15.2 Å². The van der Waals surface area contributed by atoms with E-state index in [1.54, 1.807) is 15.6 Å². The number of nitrogens with one attached hydrogen (secondary N) is 1. The average Bonchev–Trinajstić information content (AvgIpc) is 3.33. The van der Waals surface area contributed by atoms with E-state index in [-0.39, 0.29) is 0 Å². The van der Waals surface area contributed by atoms with Gasteiger partial charge in [0.15, 0.2) is 16.6 Å². The molecule has 0 aromatic carbocycles. The van der Waals surface area contributed by atoms with Gasteiger partial charge in [-0.3, -0.25) is 4.68 Å². The van der Waals surface area contributed by atoms with E-state index < -0.39 is 0 Å². The van der Waals surface area contributed by atoms with Gasteiger partial charge in [0.05, 0.1) is 17.7 Å². The zero-order chi connectivity index (χ0) is 20.4. The Hall–Kier alpha value is -3.14. The number of aryl methyl sites for hydroxylation is 3. The molecule has 1 saturated carbocycles. The summed E-state index contributed by atoms with van der Waals surface area (Å²) >= 11 is 6.26. The molecular formula is C19H20ClN9O. The van der Waals surface area contributed by atoms with Gasteiger partial charge in [0.1, 0.15) is 5.69 Å². The highest BCUT2D eigenvalue weighted by Gasteiger charge is 2.35. The van der Waals surface area contributed by atoms with Crippen LogP contribution < -0.4 is 10.1 Å². The van der Waals surface area contributed by atoms with Gasteiger partial charge < -0.3 is 10.1 Å². The topological polar surface area (TPSA) is 100 Å². The van der Waals surface area contributed by atoms with Gasteiger partial charge in [0, 0.05) is 43.9 Å². The summed E-state index contributed by atoms with van der Waals surface area (Å²) in [6, 6.07) is 0. The van der Waals surface area contributed by atoms with Crippen molar-refractivity contribution in [2.45, 2.75) is 38.6 Å². The summed E-state index contributed by atoms with van der Waals surface area (Å²) in [5.74, 6) is 2.22. The zero-order valence-electron chi connectivity index (χ0n) is 16.6. The molecule has 30 heavy (non-hydrogen) atoms. The number of hydrogen-bond donors (Lipinski definition) is 1. The number of hydrogen-bond acceptors (Lipinski definition) is 7. The van der Waals surface area contributed by atoms with Crippen LogP contribution in [0.1, 0.15) is 36.4 Å². The first-order chi connectivity index (χ1) is 14.6. The predicted molar refractivity (Wildman–Crippen MR) is 111 cm³/mol. The van der Waals surface area contributed by atoms with Crippen molar-refractivity contribution in [2.75, 3.05) is 11.9 Å². The third kappa shape index (κ3) is 2.74.